The topological polar surface area (TPSA) is 90.8 Å². The van der Waals surface area contributed by atoms with Crippen LogP contribution in [0.4, 0.5) is 27.6 Å². The van der Waals surface area contributed by atoms with Crippen LogP contribution in [0.5, 0.6) is 0 Å². The Bertz CT molecular complexity index is 1340. The Morgan fingerprint density at radius 1 is 0.939 bits per heavy atom. The summed E-state index contributed by atoms with van der Waals surface area (Å²) in [7, 11) is 0. The van der Waals surface area contributed by atoms with Crippen molar-refractivity contribution < 1.29 is 31.3 Å². The molecule has 4 rings (SSSR count). The van der Waals surface area contributed by atoms with Crippen LogP contribution in [-0.4, -0.2) is 30.6 Å². The van der Waals surface area contributed by atoms with Crippen molar-refractivity contribution in [3.05, 3.63) is 81.5 Å². The van der Waals surface area contributed by atoms with Gasteiger partial charge in [0.2, 0.25) is 5.82 Å². The minimum absolute atomic E-state index is 0.0494. The lowest BCUT2D eigenvalue weighted by atomic mass is 10.1. The van der Waals surface area contributed by atoms with Gasteiger partial charge in [-0.1, -0.05) is 16.8 Å². The molecule has 0 radical (unpaired) electrons. The first-order chi connectivity index (χ1) is 15.7. The third-order valence-electron chi connectivity index (χ3n) is 4.63. The van der Waals surface area contributed by atoms with Gasteiger partial charge in [-0.25, -0.2) is 22.0 Å². The zero-order chi connectivity index (χ0) is 23.9. The molecule has 4 aromatic rings. The number of rotatable bonds is 6. The summed E-state index contributed by atoms with van der Waals surface area (Å²) in [6.45, 7) is 0.979. The number of aryl methyl sites for hydroxylation is 1. The van der Waals surface area contributed by atoms with E-state index in [9.17, 15) is 26.7 Å². The molecule has 0 saturated carbocycles. The number of hydrogen-bond donors (Lipinski definition) is 1. The fourth-order valence-corrected chi connectivity index (χ4v) is 3.15. The Morgan fingerprint density at radius 3 is 2.15 bits per heavy atom. The predicted molar refractivity (Wildman–Crippen MR) is 103 cm³/mol. The minimum atomic E-state index is -2.25. The summed E-state index contributed by atoms with van der Waals surface area (Å²) in [6.07, 6.45) is 5.24. The molecule has 0 unspecified atom stereocenters. The van der Waals surface area contributed by atoms with E-state index in [0.717, 1.165) is 17.1 Å². The van der Waals surface area contributed by atoms with Crippen molar-refractivity contribution in [3.63, 3.8) is 0 Å². The molecule has 1 amide bonds. The third kappa shape index (κ3) is 4.31. The van der Waals surface area contributed by atoms with Gasteiger partial charge in [-0.15, -0.1) is 0 Å². The van der Waals surface area contributed by atoms with E-state index in [2.05, 4.69) is 20.7 Å². The number of aromatic nitrogens is 5. The van der Waals surface area contributed by atoms with Crippen molar-refractivity contribution >= 4 is 23.2 Å². The standard InChI is InChI=1S/C19H12ClF5N6O2/c1-8-11(6-30-4-9(20)2-26-30)18(29-33-8)19(32)28-10-3-27-31(5-10)7-12-13(21)15(23)17(25)16(24)14(12)22/h2-5H,6-7H2,1H3,(H,28,32). The van der Waals surface area contributed by atoms with Crippen LogP contribution >= 0.6 is 11.6 Å². The first-order valence-corrected chi connectivity index (χ1v) is 9.50. The van der Waals surface area contributed by atoms with Crippen LogP contribution in [0.3, 0.4) is 0 Å². The van der Waals surface area contributed by atoms with Crippen LogP contribution in [-0.2, 0) is 13.1 Å². The molecule has 0 atom stereocenters. The lowest BCUT2D eigenvalue weighted by Crippen LogP contribution is -2.15. The molecule has 0 spiro atoms. The smallest absolute Gasteiger partial charge is 0.278 e. The van der Waals surface area contributed by atoms with Crippen molar-refractivity contribution in [1.82, 2.24) is 24.7 Å². The van der Waals surface area contributed by atoms with Crippen molar-refractivity contribution in [2.24, 2.45) is 0 Å². The number of benzene rings is 1. The lowest BCUT2D eigenvalue weighted by molar-refractivity contribution is 0.101. The summed E-state index contributed by atoms with van der Waals surface area (Å²) < 4.78 is 75.2. The number of nitrogens with zero attached hydrogens (tertiary/aromatic N) is 5. The number of carbonyl (C=O) groups excluding carboxylic acids is 1. The van der Waals surface area contributed by atoms with Gasteiger partial charge in [0, 0.05) is 18.0 Å². The third-order valence-corrected chi connectivity index (χ3v) is 4.83. The fraction of sp³-hybridized carbons (Fsp3) is 0.158. The molecular weight excluding hydrogens is 475 g/mol. The molecule has 33 heavy (non-hydrogen) atoms. The van der Waals surface area contributed by atoms with E-state index in [1.165, 1.54) is 10.9 Å². The molecule has 0 aliphatic rings. The van der Waals surface area contributed by atoms with E-state index in [1.807, 2.05) is 0 Å². The van der Waals surface area contributed by atoms with Crippen molar-refractivity contribution in [3.8, 4) is 0 Å². The minimum Gasteiger partial charge on any atom is -0.361 e. The molecule has 0 aliphatic carbocycles. The molecule has 0 fully saturated rings. The molecule has 8 nitrogen and oxygen atoms in total. The molecular formula is C19H12ClF5N6O2. The van der Waals surface area contributed by atoms with E-state index in [4.69, 9.17) is 16.1 Å². The number of amides is 1. The zero-order valence-corrected chi connectivity index (χ0v) is 17.3. The molecule has 14 heteroatoms. The summed E-state index contributed by atoms with van der Waals surface area (Å²) in [4.78, 5) is 12.7. The second-order valence-corrected chi connectivity index (χ2v) is 7.29. The van der Waals surface area contributed by atoms with Crippen molar-refractivity contribution in [2.45, 2.75) is 20.0 Å². The average Bonchev–Trinajstić information content (AvgIpc) is 3.50. The maximum atomic E-state index is 13.9. The Morgan fingerprint density at radius 2 is 1.52 bits per heavy atom. The van der Waals surface area contributed by atoms with Crippen LogP contribution < -0.4 is 5.32 Å². The quantitative estimate of drug-likeness (QED) is 0.252. The molecule has 3 heterocycles. The second-order valence-electron chi connectivity index (χ2n) is 6.85. The number of carbonyl (C=O) groups is 1. The van der Waals surface area contributed by atoms with Crippen LogP contribution in [0.1, 0.15) is 27.4 Å². The van der Waals surface area contributed by atoms with Crippen LogP contribution in [0.15, 0.2) is 29.3 Å². The fourth-order valence-electron chi connectivity index (χ4n) is 3.00. The molecule has 1 aromatic carbocycles. The summed E-state index contributed by atoms with van der Waals surface area (Å²) in [6, 6.07) is 0. The van der Waals surface area contributed by atoms with Gasteiger partial charge in [-0.05, 0) is 6.92 Å². The van der Waals surface area contributed by atoms with E-state index in [0.29, 0.717) is 16.3 Å². The monoisotopic (exact) mass is 486 g/mol. The number of nitrogens with one attached hydrogen (secondary N) is 1. The van der Waals surface area contributed by atoms with Gasteiger partial charge in [-0.2, -0.15) is 10.2 Å². The Kier molecular flexibility index (Phi) is 5.89. The van der Waals surface area contributed by atoms with Gasteiger partial charge in [0.05, 0.1) is 41.8 Å². The maximum Gasteiger partial charge on any atom is 0.278 e. The highest BCUT2D eigenvalue weighted by molar-refractivity contribution is 6.30. The zero-order valence-electron chi connectivity index (χ0n) is 16.5. The first kappa shape index (κ1) is 22.5. The molecule has 1 N–H and O–H groups in total. The first-order valence-electron chi connectivity index (χ1n) is 9.13. The average molecular weight is 487 g/mol. The normalized spacial score (nSPS) is 11.2. The van der Waals surface area contributed by atoms with Gasteiger partial charge >= 0.3 is 0 Å². The van der Waals surface area contributed by atoms with Crippen LogP contribution in [0.25, 0.3) is 0 Å². The van der Waals surface area contributed by atoms with Crippen LogP contribution in [0, 0.1) is 36.0 Å². The predicted octanol–water partition coefficient (Wildman–Crippen LogP) is 4.07. The number of halogens is 6. The van der Waals surface area contributed by atoms with Gasteiger partial charge < -0.3 is 9.84 Å². The van der Waals surface area contributed by atoms with E-state index in [1.54, 1.807) is 13.1 Å². The summed E-state index contributed by atoms with van der Waals surface area (Å²) in [5.41, 5.74) is -0.606. The van der Waals surface area contributed by atoms with Crippen LogP contribution in [0.2, 0.25) is 5.02 Å². The highest BCUT2D eigenvalue weighted by atomic mass is 35.5. The van der Waals surface area contributed by atoms with Gasteiger partial charge in [-0.3, -0.25) is 14.2 Å². The molecule has 0 aliphatic heterocycles. The van der Waals surface area contributed by atoms with Gasteiger partial charge in [0.25, 0.3) is 5.91 Å². The molecule has 0 bridgehead atoms. The second kappa shape index (κ2) is 8.65. The molecule has 3 aromatic heterocycles. The Balaban J connectivity index is 1.52. The largest absolute Gasteiger partial charge is 0.361 e. The van der Waals surface area contributed by atoms with Crippen molar-refractivity contribution in [1.29, 1.82) is 0 Å². The van der Waals surface area contributed by atoms with Gasteiger partial charge in [0.1, 0.15) is 5.76 Å². The highest BCUT2D eigenvalue weighted by Crippen LogP contribution is 2.24. The SMILES string of the molecule is Cc1onc(C(=O)Nc2cnn(Cc3c(F)c(F)c(F)c(F)c3F)c2)c1Cn1cc(Cl)cn1. The van der Waals surface area contributed by atoms with E-state index < -0.39 is 47.1 Å². The van der Waals surface area contributed by atoms with E-state index in [-0.39, 0.29) is 17.9 Å². The molecule has 172 valence electrons. The Hall–Kier alpha value is -3.74. The maximum absolute atomic E-state index is 13.9. The van der Waals surface area contributed by atoms with E-state index >= 15 is 0 Å². The number of hydrogen-bond acceptors (Lipinski definition) is 5. The Labute approximate surface area is 186 Å². The summed E-state index contributed by atoms with van der Waals surface area (Å²) in [5, 5.41) is 14.4. The highest BCUT2D eigenvalue weighted by Gasteiger charge is 2.26. The number of anilines is 1. The summed E-state index contributed by atoms with van der Waals surface area (Å²) in [5.74, 6) is -10.6. The van der Waals surface area contributed by atoms with Gasteiger partial charge in [0.15, 0.2) is 29.0 Å². The van der Waals surface area contributed by atoms with Crippen molar-refractivity contribution in [2.75, 3.05) is 5.32 Å². The lowest BCUT2D eigenvalue weighted by Gasteiger charge is -2.08. The summed E-state index contributed by atoms with van der Waals surface area (Å²) >= 11 is 5.84. The molecule has 0 saturated heterocycles.